The normalized spacial score (nSPS) is 10.5. The molecule has 0 bridgehead atoms. The number of methoxy groups -OCH3 is 1. The van der Waals surface area contributed by atoms with E-state index in [1.807, 2.05) is 19.1 Å². The van der Waals surface area contributed by atoms with Gasteiger partial charge in [-0.1, -0.05) is 18.2 Å². The summed E-state index contributed by atoms with van der Waals surface area (Å²) in [5, 5.41) is 13.2. The summed E-state index contributed by atoms with van der Waals surface area (Å²) in [5.74, 6) is 0.191. The molecule has 0 spiro atoms. The number of hydrogen-bond donors (Lipinski definition) is 2. The molecule has 2 N–H and O–H groups in total. The second-order valence-corrected chi connectivity index (χ2v) is 4.53. The van der Waals surface area contributed by atoms with Crippen molar-refractivity contribution in [2.24, 2.45) is 5.10 Å². The van der Waals surface area contributed by atoms with E-state index in [0.29, 0.717) is 23.8 Å². The number of para-hydroxylation sites is 2. The molecule has 0 atom stereocenters. The van der Waals surface area contributed by atoms with Crippen LogP contribution in [0.3, 0.4) is 0 Å². The van der Waals surface area contributed by atoms with Crippen LogP contribution in [0.2, 0.25) is 0 Å². The van der Waals surface area contributed by atoms with Crippen LogP contribution in [0.1, 0.15) is 22.8 Å². The number of carboxylic acid groups (broad SMARTS) is 1. The Hall–Kier alpha value is -3.02. The van der Waals surface area contributed by atoms with Gasteiger partial charge >= 0.3 is 5.97 Å². The third kappa shape index (κ3) is 4.00. The molecule has 0 aliphatic rings. The number of carbonyl (C=O) groups is 1. The Morgan fingerprint density at radius 2 is 2.04 bits per heavy atom. The van der Waals surface area contributed by atoms with E-state index >= 15 is 0 Å². The van der Waals surface area contributed by atoms with E-state index in [9.17, 15) is 4.79 Å². The molecule has 0 saturated heterocycles. The van der Waals surface area contributed by atoms with Crippen LogP contribution >= 0.6 is 0 Å². The van der Waals surface area contributed by atoms with Crippen LogP contribution in [0, 0.1) is 0 Å². The lowest BCUT2D eigenvalue weighted by atomic mass is 10.2. The minimum atomic E-state index is -1.01. The highest BCUT2D eigenvalue weighted by atomic mass is 16.5. The number of anilines is 1. The first-order chi connectivity index (χ1) is 11.2. The molecule has 6 nitrogen and oxygen atoms in total. The van der Waals surface area contributed by atoms with Crippen LogP contribution in [0.4, 0.5) is 5.69 Å². The van der Waals surface area contributed by atoms with Gasteiger partial charge in [0.25, 0.3) is 0 Å². The molecule has 2 aromatic carbocycles. The van der Waals surface area contributed by atoms with Crippen LogP contribution in [-0.2, 0) is 0 Å². The number of hydrazone groups is 1. The molecule has 0 radical (unpaired) electrons. The van der Waals surface area contributed by atoms with Crippen LogP contribution in [-0.4, -0.2) is 31.0 Å². The average Bonchev–Trinajstić information content (AvgIpc) is 2.56. The van der Waals surface area contributed by atoms with Crippen molar-refractivity contribution < 1.29 is 19.4 Å². The quantitative estimate of drug-likeness (QED) is 0.606. The molecule has 2 rings (SSSR count). The predicted octanol–water partition coefficient (Wildman–Crippen LogP) is 3.24. The minimum absolute atomic E-state index is 0.153. The van der Waals surface area contributed by atoms with Gasteiger partial charge in [-0.05, 0) is 31.2 Å². The van der Waals surface area contributed by atoms with Gasteiger partial charge < -0.3 is 14.6 Å². The summed E-state index contributed by atoms with van der Waals surface area (Å²) in [6, 6.07) is 12.0. The third-order valence-electron chi connectivity index (χ3n) is 3.06. The molecule has 0 saturated carbocycles. The zero-order chi connectivity index (χ0) is 16.7. The molecule has 0 fully saturated rings. The van der Waals surface area contributed by atoms with Crippen molar-refractivity contribution in [2.45, 2.75) is 6.92 Å². The predicted molar refractivity (Wildman–Crippen MR) is 88.8 cm³/mol. The number of rotatable bonds is 7. The summed E-state index contributed by atoms with van der Waals surface area (Å²) in [6.45, 7) is 2.38. The minimum Gasteiger partial charge on any atom is -0.493 e. The first-order valence-electron chi connectivity index (χ1n) is 7.08. The summed E-state index contributed by atoms with van der Waals surface area (Å²) in [6.07, 6.45) is 1.56. The fraction of sp³-hybridized carbons (Fsp3) is 0.176. The Bertz CT molecular complexity index is 713. The molecule has 0 aliphatic carbocycles. The van der Waals surface area contributed by atoms with E-state index in [4.69, 9.17) is 14.6 Å². The van der Waals surface area contributed by atoms with E-state index in [-0.39, 0.29) is 5.56 Å². The maximum absolute atomic E-state index is 11.1. The van der Waals surface area contributed by atoms with Crippen molar-refractivity contribution in [2.75, 3.05) is 19.1 Å². The first kappa shape index (κ1) is 16.4. The third-order valence-corrected chi connectivity index (χ3v) is 3.06. The second kappa shape index (κ2) is 7.84. The van der Waals surface area contributed by atoms with Gasteiger partial charge in [-0.3, -0.25) is 5.43 Å². The zero-order valence-corrected chi connectivity index (χ0v) is 12.9. The molecule has 0 aliphatic heterocycles. The Morgan fingerprint density at radius 3 is 2.74 bits per heavy atom. The van der Waals surface area contributed by atoms with Crippen molar-refractivity contribution in [1.82, 2.24) is 0 Å². The number of hydrogen-bond acceptors (Lipinski definition) is 5. The van der Waals surface area contributed by atoms with Gasteiger partial charge in [0.05, 0.1) is 31.2 Å². The van der Waals surface area contributed by atoms with Crippen molar-refractivity contribution in [3.8, 4) is 11.5 Å². The fourth-order valence-electron chi connectivity index (χ4n) is 2.03. The highest BCUT2D eigenvalue weighted by Crippen LogP contribution is 2.30. The van der Waals surface area contributed by atoms with E-state index in [0.717, 1.165) is 5.56 Å². The van der Waals surface area contributed by atoms with Crippen LogP contribution in [0.15, 0.2) is 47.6 Å². The zero-order valence-electron chi connectivity index (χ0n) is 12.9. The molecule has 0 amide bonds. The average molecular weight is 314 g/mol. The van der Waals surface area contributed by atoms with Crippen molar-refractivity contribution in [3.05, 3.63) is 53.6 Å². The molecule has 0 aromatic heterocycles. The van der Waals surface area contributed by atoms with Crippen molar-refractivity contribution >= 4 is 17.9 Å². The number of aromatic carboxylic acids is 1. The maximum Gasteiger partial charge on any atom is 0.337 e. The Kier molecular flexibility index (Phi) is 5.57. The van der Waals surface area contributed by atoms with E-state index in [1.54, 1.807) is 37.6 Å². The topological polar surface area (TPSA) is 80.2 Å². The number of carboxylic acids is 1. The van der Waals surface area contributed by atoms with E-state index in [2.05, 4.69) is 10.5 Å². The lowest BCUT2D eigenvalue weighted by molar-refractivity contribution is 0.0698. The van der Waals surface area contributed by atoms with Crippen LogP contribution in [0.5, 0.6) is 11.5 Å². The molecule has 23 heavy (non-hydrogen) atoms. The van der Waals surface area contributed by atoms with E-state index in [1.165, 1.54) is 6.07 Å². The largest absolute Gasteiger partial charge is 0.493 e. The van der Waals surface area contributed by atoms with Crippen LogP contribution < -0.4 is 14.9 Å². The second-order valence-electron chi connectivity index (χ2n) is 4.53. The monoisotopic (exact) mass is 314 g/mol. The molecular weight excluding hydrogens is 296 g/mol. The molecule has 120 valence electrons. The maximum atomic E-state index is 11.1. The molecule has 6 heteroatoms. The molecule has 0 heterocycles. The van der Waals surface area contributed by atoms with Gasteiger partial charge in [-0.25, -0.2) is 4.79 Å². The van der Waals surface area contributed by atoms with Gasteiger partial charge in [0.15, 0.2) is 11.5 Å². The Balaban J connectivity index is 2.23. The number of ether oxygens (including phenoxy) is 2. The first-order valence-corrected chi connectivity index (χ1v) is 7.08. The van der Waals surface area contributed by atoms with Gasteiger partial charge in [-0.15, -0.1) is 0 Å². The van der Waals surface area contributed by atoms with Crippen molar-refractivity contribution in [1.29, 1.82) is 0 Å². The van der Waals surface area contributed by atoms with Crippen molar-refractivity contribution in [3.63, 3.8) is 0 Å². The summed E-state index contributed by atoms with van der Waals surface area (Å²) in [7, 11) is 1.57. The van der Waals surface area contributed by atoms with Crippen LogP contribution in [0.25, 0.3) is 0 Å². The smallest absolute Gasteiger partial charge is 0.337 e. The summed E-state index contributed by atoms with van der Waals surface area (Å²) < 4.78 is 10.9. The fourth-order valence-corrected chi connectivity index (χ4v) is 2.03. The lowest BCUT2D eigenvalue weighted by Crippen LogP contribution is -2.03. The standard InChI is InChI=1S/C17H18N2O4/c1-3-23-16-12(7-6-10-15(16)22-2)11-18-19-14-9-5-4-8-13(14)17(20)21/h4-11,19H,3H2,1-2H3,(H,20,21)/b18-11+. The number of nitrogens with one attached hydrogen (secondary N) is 1. The summed E-state index contributed by atoms with van der Waals surface area (Å²) >= 11 is 0. The Morgan fingerprint density at radius 1 is 1.26 bits per heavy atom. The van der Waals surface area contributed by atoms with E-state index < -0.39 is 5.97 Å². The van der Waals surface area contributed by atoms with Gasteiger partial charge in [-0.2, -0.15) is 5.10 Å². The molecule has 2 aromatic rings. The van der Waals surface area contributed by atoms with Gasteiger partial charge in [0, 0.05) is 5.56 Å². The highest BCUT2D eigenvalue weighted by Gasteiger charge is 2.09. The summed E-state index contributed by atoms with van der Waals surface area (Å²) in [5.41, 5.74) is 4.04. The number of nitrogens with zero attached hydrogens (tertiary/aromatic N) is 1. The Labute approximate surface area is 134 Å². The highest BCUT2D eigenvalue weighted by molar-refractivity contribution is 5.94. The summed E-state index contributed by atoms with van der Waals surface area (Å²) in [4.78, 5) is 11.1. The number of benzene rings is 2. The van der Waals surface area contributed by atoms with Gasteiger partial charge in [0.1, 0.15) is 0 Å². The molecule has 0 unspecified atom stereocenters. The SMILES string of the molecule is CCOc1c(/C=N/Nc2ccccc2C(=O)O)cccc1OC. The molecular formula is C17H18N2O4. The van der Waals surface area contributed by atoms with Gasteiger partial charge in [0.2, 0.25) is 0 Å². The lowest BCUT2D eigenvalue weighted by Gasteiger charge is -2.11.